The molecule has 2 aromatic carbocycles. The third-order valence-electron chi connectivity index (χ3n) is 3.42. The zero-order valence-electron chi connectivity index (χ0n) is 13.8. The summed E-state index contributed by atoms with van der Waals surface area (Å²) in [5, 5.41) is 12.1. The van der Waals surface area contributed by atoms with Crippen LogP contribution in [-0.2, 0) is 4.79 Å². The first kappa shape index (κ1) is 17.4. The lowest BCUT2D eigenvalue weighted by molar-refractivity contribution is -0.115. The topological polar surface area (TPSA) is 64.1 Å². The Morgan fingerprint density at radius 1 is 1.12 bits per heavy atom. The molecule has 0 bridgehead atoms. The van der Waals surface area contributed by atoms with E-state index in [0.717, 1.165) is 21.2 Å². The molecule has 0 aliphatic heterocycles. The molecule has 0 saturated carbocycles. The monoisotopic (exact) mass is 371 g/mol. The SMILES string of the molecule is COc1ccc(SC(C)C(=O)Nc2nnc(-c3ccccc3)s2)cc1. The lowest BCUT2D eigenvalue weighted by atomic mass is 10.2. The van der Waals surface area contributed by atoms with E-state index in [-0.39, 0.29) is 11.2 Å². The van der Waals surface area contributed by atoms with E-state index >= 15 is 0 Å². The fourth-order valence-corrected chi connectivity index (χ4v) is 3.71. The number of thioether (sulfide) groups is 1. The maximum atomic E-state index is 12.4. The third kappa shape index (κ3) is 4.58. The molecule has 1 aromatic heterocycles. The van der Waals surface area contributed by atoms with Crippen LogP contribution in [-0.4, -0.2) is 28.5 Å². The summed E-state index contributed by atoms with van der Waals surface area (Å²) >= 11 is 2.85. The minimum atomic E-state index is -0.252. The van der Waals surface area contributed by atoms with Crippen LogP contribution in [0.4, 0.5) is 5.13 Å². The Hall–Kier alpha value is -2.38. The molecule has 0 spiro atoms. The molecule has 1 atom stereocenters. The quantitative estimate of drug-likeness (QED) is 0.653. The van der Waals surface area contributed by atoms with Gasteiger partial charge in [-0.15, -0.1) is 22.0 Å². The van der Waals surface area contributed by atoms with E-state index < -0.39 is 0 Å². The Morgan fingerprint density at radius 2 is 1.84 bits per heavy atom. The number of methoxy groups -OCH3 is 1. The van der Waals surface area contributed by atoms with Crippen molar-refractivity contribution in [3.63, 3.8) is 0 Å². The molecule has 0 saturated heterocycles. The van der Waals surface area contributed by atoms with Crippen LogP contribution in [0.5, 0.6) is 5.75 Å². The Balaban J connectivity index is 1.60. The van der Waals surface area contributed by atoms with Crippen molar-refractivity contribution in [2.75, 3.05) is 12.4 Å². The molecule has 128 valence electrons. The molecule has 3 aromatic rings. The molecular weight excluding hydrogens is 354 g/mol. The maximum Gasteiger partial charge on any atom is 0.239 e. The van der Waals surface area contributed by atoms with Gasteiger partial charge in [0.05, 0.1) is 12.4 Å². The predicted molar refractivity (Wildman–Crippen MR) is 102 cm³/mol. The highest BCUT2D eigenvalue weighted by molar-refractivity contribution is 8.00. The lowest BCUT2D eigenvalue weighted by Gasteiger charge is -2.10. The number of amides is 1. The largest absolute Gasteiger partial charge is 0.497 e. The summed E-state index contributed by atoms with van der Waals surface area (Å²) in [6.45, 7) is 1.86. The molecule has 5 nitrogen and oxygen atoms in total. The van der Waals surface area contributed by atoms with Gasteiger partial charge in [0.1, 0.15) is 10.8 Å². The fourth-order valence-electron chi connectivity index (χ4n) is 2.09. The Bertz CT molecular complexity index is 835. The molecule has 0 aliphatic carbocycles. The Kier molecular flexibility index (Phi) is 5.67. The minimum Gasteiger partial charge on any atom is -0.497 e. The van der Waals surface area contributed by atoms with Crippen molar-refractivity contribution < 1.29 is 9.53 Å². The second-order valence-corrected chi connectivity index (χ2v) is 7.59. The van der Waals surface area contributed by atoms with Crippen molar-refractivity contribution in [2.24, 2.45) is 0 Å². The highest BCUT2D eigenvalue weighted by Gasteiger charge is 2.17. The smallest absolute Gasteiger partial charge is 0.239 e. The van der Waals surface area contributed by atoms with E-state index in [1.165, 1.54) is 23.1 Å². The third-order valence-corrected chi connectivity index (χ3v) is 5.42. The van der Waals surface area contributed by atoms with Gasteiger partial charge >= 0.3 is 0 Å². The van der Waals surface area contributed by atoms with E-state index in [2.05, 4.69) is 15.5 Å². The van der Waals surface area contributed by atoms with Crippen LogP contribution in [0.15, 0.2) is 59.5 Å². The number of hydrogen-bond donors (Lipinski definition) is 1. The zero-order valence-corrected chi connectivity index (χ0v) is 15.4. The molecule has 1 amide bonds. The molecule has 3 rings (SSSR count). The number of hydrogen-bond acceptors (Lipinski definition) is 6. The van der Waals surface area contributed by atoms with Crippen LogP contribution in [0, 0.1) is 0 Å². The first-order valence-corrected chi connectivity index (χ1v) is 9.36. The van der Waals surface area contributed by atoms with Crippen molar-refractivity contribution in [3.8, 4) is 16.3 Å². The average molecular weight is 371 g/mol. The highest BCUT2D eigenvalue weighted by Crippen LogP contribution is 2.28. The lowest BCUT2D eigenvalue weighted by Crippen LogP contribution is -2.22. The molecular formula is C18H17N3O2S2. The minimum absolute atomic E-state index is 0.100. The summed E-state index contributed by atoms with van der Waals surface area (Å²) in [6.07, 6.45) is 0. The Morgan fingerprint density at radius 3 is 2.52 bits per heavy atom. The van der Waals surface area contributed by atoms with E-state index in [1.807, 2.05) is 61.5 Å². The summed E-state index contributed by atoms with van der Waals surface area (Å²) in [7, 11) is 1.63. The summed E-state index contributed by atoms with van der Waals surface area (Å²) in [5.74, 6) is 0.695. The summed E-state index contributed by atoms with van der Waals surface area (Å²) < 4.78 is 5.14. The van der Waals surface area contributed by atoms with Gasteiger partial charge in [0.25, 0.3) is 0 Å². The second-order valence-electron chi connectivity index (χ2n) is 5.20. The molecule has 0 fully saturated rings. The molecule has 7 heteroatoms. The van der Waals surface area contributed by atoms with Gasteiger partial charge in [-0.3, -0.25) is 10.1 Å². The van der Waals surface area contributed by atoms with Crippen molar-refractivity contribution in [1.29, 1.82) is 0 Å². The van der Waals surface area contributed by atoms with Crippen LogP contribution < -0.4 is 10.1 Å². The molecule has 0 radical (unpaired) electrons. The number of aromatic nitrogens is 2. The van der Waals surface area contributed by atoms with Gasteiger partial charge < -0.3 is 4.74 Å². The second kappa shape index (κ2) is 8.13. The van der Waals surface area contributed by atoms with Crippen molar-refractivity contribution >= 4 is 34.1 Å². The van der Waals surface area contributed by atoms with Crippen LogP contribution in [0.3, 0.4) is 0 Å². The normalized spacial score (nSPS) is 11.8. The summed E-state index contributed by atoms with van der Waals surface area (Å²) in [4.78, 5) is 13.4. The van der Waals surface area contributed by atoms with Crippen LogP contribution in [0.2, 0.25) is 0 Å². The fraction of sp³-hybridized carbons (Fsp3) is 0.167. The molecule has 25 heavy (non-hydrogen) atoms. The van der Waals surface area contributed by atoms with Gasteiger partial charge in [-0.25, -0.2) is 0 Å². The van der Waals surface area contributed by atoms with Gasteiger partial charge in [0.2, 0.25) is 11.0 Å². The molecule has 1 N–H and O–H groups in total. The van der Waals surface area contributed by atoms with Gasteiger partial charge in [0, 0.05) is 10.5 Å². The standard InChI is InChI=1S/C18H17N3O2S2/c1-12(24-15-10-8-14(23-2)9-11-15)16(22)19-18-21-20-17(25-18)13-6-4-3-5-7-13/h3-12H,1-2H3,(H,19,21,22). The molecule has 0 aliphatic rings. The number of carbonyl (C=O) groups excluding carboxylic acids is 1. The van der Waals surface area contributed by atoms with E-state index in [1.54, 1.807) is 7.11 Å². The summed E-state index contributed by atoms with van der Waals surface area (Å²) in [5.41, 5.74) is 0.987. The number of rotatable bonds is 6. The van der Waals surface area contributed by atoms with Crippen LogP contribution in [0.25, 0.3) is 10.6 Å². The van der Waals surface area contributed by atoms with E-state index in [0.29, 0.717) is 5.13 Å². The Labute approximate surface area is 154 Å². The number of carbonyl (C=O) groups is 1. The van der Waals surface area contributed by atoms with Gasteiger partial charge in [-0.05, 0) is 31.2 Å². The first-order chi connectivity index (χ1) is 12.2. The van der Waals surface area contributed by atoms with Gasteiger partial charge in [-0.1, -0.05) is 41.7 Å². The van der Waals surface area contributed by atoms with Crippen LogP contribution in [0.1, 0.15) is 6.92 Å². The molecule has 1 unspecified atom stereocenters. The number of ether oxygens (including phenoxy) is 1. The summed E-state index contributed by atoms with van der Waals surface area (Å²) in [6, 6.07) is 17.4. The van der Waals surface area contributed by atoms with E-state index in [4.69, 9.17) is 4.74 Å². The van der Waals surface area contributed by atoms with Gasteiger partial charge in [0.15, 0.2) is 0 Å². The van der Waals surface area contributed by atoms with Crippen LogP contribution >= 0.6 is 23.1 Å². The average Bonchev–Trinajstić information content (AvgIpc) is 3.11. The first-order valence-electron chi connectivity index (χ1n) is 7.66. The zero-order chi connectivity index (χ0) is 17.6. The van der Waals surface area contributed by atoms with Gasteiger partial charge in [-0.2, -0.15) is 0 Å². The number of nitrogens with zero attached hydrogens (tertiary/aromatic N) is 2. The van der Waals surface area contributed by atoms with Crippen molar-refractivity contribution in [1.82, 2.24) is 10.2 Å². The number of nitrogens with one attached hydrogen (secondary N) is 1. The number of benzene rings is 2. The predicted octanol–water partition coefficient (Wildman–Crippen LogP) is 4.33. The number of anilines is 1. The van der Waals surface area contributed by atoms with E-state index in [9.17, 15) is 4.79 Å². The van der Waals surface area contributed by atoms with Crippen molar-refractivity contribution in [2.45, 2.75) is 17.1 Å². The van der Waals surface area contributed by atoms with Crippen molar-refractivity contribution in [3.05, 3.63) is 54.6 Å². The maximum absolute atomic E-state index is 12.4. The molecule has 1 heterocycles. The highest BCUT2D eigenvalue weighted by atomic mass is 32.2.